The van der Waals surface area contributed by atoms with Crippen LogP contribution in [-0.4, -0.2) is 39.3 Å². The lowest BCUT2D eigenvalue weighted by atomic mass is 10.2. The van der Waals surface area contributed by atoms with E-state index in [2.05, 4.69) is 5.32 Å². The van der Waals surface area contributed by atoms with E-state index >= 15 is 0 Å². The second-order valence-electron chi connectivity index (χ2n) is 5.64. The Labute approximate surface area is 158 Å². The molecule has 0 spiro atoms. The second kappa shape index (κ2) is 9.47. The molecular formula is C20H23NO6. The molecule has 144 valence electrons. The van der Waals surface area contributed by atoms with E-state index in [1.165, 1.54) is 27.2 Å². The average Bonchev–Trinajstić information content (AvgIpc) is 2.71. The van der Waals surface area contributed by atoms with Gasteiger partial charge in [0, 0.05) is 12.1 Å². The largest absolute Gasteiger partial charge is 0.497 e. The fraction of sp³-hybridized carbons (Fsp3) is 0.300. The van der Waals surface area contributed by atoms with Crippen LogP contribution in [0.25, 0.3) is 0 Å². The van der Waals surface area contributed by atoms with Gasteiger partial charge < -0.3 is 24.3 Å². The van der Waals surface area contributed by atoms with Crippen LogP contribution in [0.4, 0.5) is 0 Å². The molecule has 0 bridgehead atoms. The summed E-state index contributed by atoms with van der Waals surface area (Å²) in [6, 6.07) is 12.1. The highest BCUT2D eigenvalue weighted by Crippen LogP contribution is 2.25. The summed E-state index contributed by atoms with van der Waals surface area (Å²) >= 11 is 0. The number of hydrogen-bond acceptors (Lipinski definition) is 6. The van der Waals surface area contributed by atoms with Crippen LogP contribution in [0.2, 0.25) is 0 Å². The maximum atomic E-state index is 12.4. The van der Waals surface area contributed by atoms with Gasteiger partial charge in [0.25, 0.3) is 5.91 Å². The first-order valence-electron chi connectivity index (χ1n) is 8.32. The molecule has 0 aliphatic carbocycles. The highest BCUT2D eigenvalue weighted by Gasteiger charge is 2.22. The average molecular weight is 373 g/mol. The first-order valence-corrected chi connectivity index (χ1v) is 8.32. The van der Waals surface area contributed by atoms with E-state index in [4.69, 9.17) is 18.9 Å². The van der Waals surface area contributed by atoms with E-state index in [-0.39, 0.29) is 12.1 Å². The fourth-order valence-corrected chi connectivity index (χ4v) is 2.43. The molecule has 7 heteroatoms. The lowest BCUT2D eigenvalue weighted by Gasteiger charge is -2.16. The normalized spacial score (nSPS) is 11.3. The number of para-hydroxylation sites is 1. The van der Waals surface area contributed by atoms with Crippen molar-refractivity contribution in [1.29, 1.82) is 0 Å². The third-order valence-corrected chi connectivity index (χ3v) is 3.93. The molecular weight excluding hydrogens is 350 g/mol. The minimum absolute atomic E-state index is 0.182. The summed E-state index contributed by atoms with van der Waals surface area (Å²) < 4.78 is 20.8. The summed E-state index contributed by atoms with van der Waals surface area (Å²) in [4.78, 5) is 24.7. The zero-order chi connectivity index (χ0) is 19.8. The Kier molecular flexibility index (Phi) is 7.05. The number of carbonyl (C=O) groups excluding carboxylic acids is 2. The summed E-state index contributed by atoms with van der Waals surface area (Å²) in [5, 5.41) is 2.73. The molecule has 27 heavy (non-hydrogen) atoms. The number of ether oxygens (including phenoxy) is 4. The first-order chi connectivity index (χ1) is 13.0. The number of rotatable bonds is 8. The van der Waals surface area contributed by atoms with Crippen LogP contribution in [-0.2, 0) is 16.1 Å². The van der Waals surface area contributed by atoms with Gasteiger partial charge in [0.2, 0.25) is 0 Å². The number of carbonyl (C=O) groups is 2. The summed E-state index contributed by atoms with van der Waals surface area (Å²) in [7, 11) is 4.50. The van der Waals surface area contributed by atoms with E-state index in [0.717, 1.165) is 5.56 Å². The maximum absolute atomic E-state index is 12.4. The summed E-state index contributed by atoms with van der Waals surface area (Å²) in [5.41, 5.74) is 1.00. The quantitative estimate of drug-likeness (QED) is 0.716. The van der Waals surface area contributed by atoms with Crippen molar-refractivity contribution in [3.63, 3.8) is 0 Å². The molecule has 0 radical (unpaired) electrons. The van der Waals surface area contributed by atoms with Crippen LogP contribution in [0.15, 0.2) is 42.5 Å². The van der Waals surface area contributed by atoms with Crippen molar-refractivity contribution < 1.29 is 28.5 Å². The molecule has 7 nitrogen and oxygen atoms in total. The number of methoxy groups -OCH3 is 3. The zero-order valence-corrected chi connectivity index (χ0v) is 15.8. The van der Waals surface area contributed by atoms with E-state index in [1.54, 1.807) is 25.3 Å². The number of benzene rings is 2. The molecule has 0 saturated carbocycles. The molecule has 1 N–H and O–H groups in total. The predicted octanol–water partition coefficient (Wildman–Crippen LogP) is 2.57. The number of nitrogens with one attached hydrogen (secondary N) is 1. The predicted molar refractivity (Wildman–Crippen MR) is 99.3 cm³/mol. The van der Waals surface area contributed by atoms with E-state index in [1.807, 2.05) is 18.2 Å². The molecule has 0 aliphatic heterocycles. The summed E-state index contributed by atoms with van der Waals surface area (Å²) in [5.74, 6) is 0.392. The lowest BCUT2D eigenvalue weighted by Crippen LogP contribution is -2.35. The number of esters is 1. The van der Waals surface area contributed by atoms with Crippen molar-refractivity contribution >= 4 is 11.9 Å². The number of hydrogen-bond donors (Lipinski definition) is 1. The van der Waals surface area contributed by atoms with Crippen LogP contribution in [0.3, 0.4) is 0 Å². The van der Waals surface area contributed by atoms with Crippen LogP contribution >= 0.6 is 0 Å². The standard InChI is InChI=1S/C20H23NO6/c1-13(19(22)21-12-14-7-5-6-8-17(14)25-3)27-20(23)16-11-15(24-2)9-10-18(16)26-4/h5-11,13H,12H2,1-4H3,(H,21,22). The molecule has 0 aromatic heterocycles. The minimum Gasteiger partial charge on any atom is -0.497 e. The Balaban J connectivity index is 2.00. The number of amides is 1. The van der Waals surface area contributed by atoms with Crippen molar-refractivity contribution in [3.05, 3.63) is 53.6 Å². The van der Waals surface area contributed by atoms with Crippen LogP contribution in [0.1, 0.15) is 22.8 Å². The van der Waals surface area contributed by atoms with E-state index < -0.39 is 18.0 Å². The fourth-order valence-electron chi connectivity index (χ4n) is 2.43. The van der Waals surface area contributed by atoms with Crippen molar-refractivity contribution in [1.82, 2.24) is 5.32 Å². The lowest BCUT2D eigenvalue weighted by molar-refractivity contribution is -0.129. The van der Waals surface area contributed by atoms with Gasteiger partial charge in [-0.1, -0.05) is 18.2 Å². The topological polar surface area (TPSA) is 83.1 Å². The Morgan fingerprint density at radius 3 is 2.33 bits per heavy atom. The Hall–Kier alpha value is -3.22. The van der Waals surface area contributed by atoms with Gasteiger partial charge in [-0.05, 0) is 31.2 Å². The monoisotopic (exact) mass is 373 g/mol. The molecule has 2 aromatic rings. The Morgan fingerprint density at radius 1 is 0.963 bits per heavy atom. The van der Waals surface area contributed by atoms with E-state index in [0.29, 0.717) is 17.2 Å². The summed E-state index contributed by atoms with van der Waals surface area (Å²) in [6.07, 6.45) is -0.983. The smallest absolute Gasteiger partial charge is 0.342 e. The highest BCUT2D eigenvalue weighted by molar-refractivity contribution is 5.95. The van der Waals surface area contributed by atoms with Gasteiger partial charge in [-0.3, -0.25) is 4.79 Å². The Bertz CT molecular complexity index is 805. The van der Waals surface area contributed by atoms with Crippen molar-refractivity contribution in [2.45, 2.75) is 19.6 Å². The van der Waals surface area contributed by atoms with Crippen molar-refractivity contribution in [2.24, 2.45) is 0 Å². The van der Waals surface area contributed by atoms with Gasteiger partial charge in [0.15, 0.2) is 6.10 Å². The maximum Gasteiger partial charge on any atom is 0.342 e. The van der Waals surface area contributed by atoms with Gasteiger partial charge in [0.1, 0.15) is 22.8 Å². The summed E-state index contributed by atoms with van der Waals surface area (Å²) in [6.45, 7) is 1.76. The minimum atomic E-state index is -0.983. The van der Waals surface area contributed by atoms with Crippen molar-refractivity contribution in [3.8, 4) is 17.2 Å². The third-order valence-electron chi connectivity index (χ3n) is 3.93. The molecule has 2 aromatic carbocycles. The van der Waals surface area contributed by atoms with Crippen molar-refractivity contribution in [2.75, 3.05) is 21.3 Å². The molecule has 1 unspecified atom stereocenters. The first kappa shape index (κ1) is 20.1. The van der Waals surface area contributed by atoms with Crippen LogP contribution < -0.4 is 19.5 Å². The van der Waals surface area contributed by atoms with Gasteiger partial charge >= 0.3 is 5.97 Å². The molecule has 0 aliphatic rings. The van der Waals surface area contributed by atoms with E-state index in [9.17, 15) is 9.59 Å². The van der Waals surface area contributed by atoms with Gasteiger partial charge in [-0.25, -0.2) is 4.79 Å². The highest BCUT2D eigenvalue weighted by atomic mass is 16.5. The molecule has 1 amide bonds. The molecule has 0 fully saturated rings. The third kappa shape index (κ3) is 5.13. The molecule has 2 rings (SSSR count). The van der Waals surface area contributed by atoms with Crippen LogP contribution in [0.5, 0.6) is 17.2 Å². The SMILES string of the molecule is COc1ccc(OC)c(C(=O)OC(C)C(=O)NCc2ccccc2OC)c1. The Morgan fingerprint density at radius 2 is 1.67 bits per heavy atom. The molecule has 1 atom stereocenters. The van der Waals surface area contributed by atoms with Gasteiger partial charge in [0.05, 0.1) is 21.3 Å². The molecule has 0 saturated heterocycles. The molecule has 0 heterocycles. The van der Waals surface area contributed by atoms with Gasteiger partial charge in [-0.15, -0.1) is 0 Å². The van der Waals surface area contributed by atoms with Gasteiger partial charge in [-0.2, -0.15) is 0 Å². The van der Waals surface area contributed by atoms with Crippen LogP contribution in [0, 0.1) is 0 Å². The second-order valence-corrected chi connectivity index (χ2v) is 5.64. The zero-order valence-electron chi connectivity index (χ0n) is 15.8.